The quantitative estimate of drug-likeness (QED) is 0.787. The molecule has 2 heterocycles. The summed E-state index contributed by atoms with van der Waals surface area (Å²) in [5.41, 5.74) is 0. The number of nitrogens with one attached hydrogen (secondary N) is 1. The number of hydrogen-bond donors (Lipinski definition) is 1. The second-order valence-electron chi connectivity index (χ2n) is 3.14. The monoisotopic (exact) mass is 237 g/mol. The normalized spacial score (nSPS) is 22.4. The summed E-state index contributed by atoms with van der Waals surface area (Å²) in [5.74, 6) is 0. The van der Waals surface area contributed by atoms with Crippen LogP contribution in [0.15, 0.2) is 12.1 Å². The van der Waals surface area contributed by atoms with Gasteiger partial charge in [0.2, 0.25) is 0 Å². The molecule has 0 aromatic carbocycles. The van der Waals surface area contributed by atoms with Crippen molar-refractivity contribution >= 4 is 35.3 Å². The topological polar surface area (TPSA) is 12.0 Å². The summed E-state index contributed by atoms with van der Waals surface area (Å²) in [6, 6.07) is 4.68. The Morgan fingerprint density at radius 3 is 2.77 bits per heavy atom. The lowest BCUT2D eigenvalue weighted by Crippen LogP contribution is -2.25. The van der Waals surface area contributed by atoms with E-state index in [0.29, 0.717) is 6.04 Å². The van der Waals surface area contributed by atoms with Crippen molar-refractivity contribution in [3.05, 3.63) is 21.3 Å². The minimum absolute atomic E-state index is 0. The van der Waals surface area contributed by atoms with Gasteiger partial charge in [-0.25, -0.2) is 0 Å². The van der Waals surface area contributed by atoms with Crippen LogP contribution in [-0.4, -0.2) is 6.54 Å². The summed E-state index contributed by atoms with van der Waals surface area (Å²) in [6.45, 7) is 1.15. The molecule has 1 atom stereocenters. The molecule has 0 unspecified atom stereocenters. The molecule has 13 heavy (non-hydrogen) atoms. The summed E-state index contributed by atoms with van der Waals surface area (Å²) < 4.78 is 0.900. The predicted molar refractivity (Wildman–Crippen MR) is 61.2 cm³/mol. The van der Waals surface area contributed by atoms with E-state index in [0.717, 1.165) is 10.9 Å². The second-order valence-corrected chi connectivity index (χ2v) is 4.89. The number of thiophene rings is 1. The molecule has 1 aliphatic rings. The lowest BCUT2D eigenvalue weighted by Gasteiger charge is -2.21. The van der Waals surface area contributed by atoms with Crippen LogP contribution in [-0.2, 0) is 0 Å². The first-order valence-electron chi connectivity index (χ1n) is 4.35. The van der Waals surface area contributed by atoms with Gasteiger partial charge in [0.25, 0.3) is 0 Å². The molecule has 1 fully saturated rings. The van der Waals surface area contributed by atoms with Crippen molar-refractivity contribution < 1.29 is 0 Å². The molecule has 74 valence electrons. The van der Waals surface area contributed by atoms with Gasteiger partial charge in [-0.3, -0.25) is 0 Å². The van der Waals surface area contributed by atoms with Crippen molar-refractivity contribution in [2.24, 2.45) is 0 Å². The van der Waals surface area contributed by atoms with Gasteiger partial charge in [0.15, 0.2) is 0 Å². The van der Waals surface area contributed by atoms with Crippen molar-refractivity contribution in [1.29, 1.82) is 0 Å². The van der Waals surface area contributed by atoms with Gasteiger partial charge < -0.3 is 5.32 Å². The van der Waals surface area contributed by atoms with Crippen LogP contribution >= 0.6 is 35.3 Å². The van der Waals surface area contributed by atoms with Gasteiger partial charge in [-0.05, 0) is 31.5 Å². The summed E-state index contributed by atoms with van der Waals surface area (Å²) >= 11 is 7.57. The van der Waals surface area contributed by atoms with E-state index in [1.54, 1.807) is 11.3 Å². The van der Waals surface area contributed by atoms with E-state index in [2.05, 4.69) is 11.4 Å². The molecule has 1 aromatic heterocycles. The third-order valence-electron chi connectivity index (χ3n) is 2.25. The molecular formula is C9H13Cl2NS. The van der Waals surface area contributed by atoms with E-state index in [1.807, 2.05) is 6.07 Å². The van der Waals surface area contributed by atoms with Crippen LogP contribution in [0, 0.1) is 0 Å². The molecule has 0 aliphatic carbocycles. The Morgan fingerprint density at radius 1 is 1.38 bits per heavy atom. The van der Waals surface area contributed by atoms with E-state index >= 15 is 0 Å². The number of hydrogen-bond acceptors (Lipinski definition) is 2. The predicted octanol–water partition coefficient (Wildman–Crippen LogP) is 3.64. The first-order valence-corrected chi connectivity index (χ1v) is 5.54. The van der Waals surface area contributed by atoms with Crippen LogP contribution in [0.2, 0.25) is 4.34 Å². The van der Waals surface area contributed by atoms with Crippen LogP contribution < -0.4 is 5.32 Å². The van der Waals surface area contributed by atoms with E-state index in [1.165, 1.54) is 24.1 Å². The zero-order valence-electron chi connectivity index (χ0n) is 7.25. The number of rotatable bonds is 1. The Bertz CT molecular complexity index is 256. The Morgan fingerprint density at radius 2 is 2.23 bits per heavy atom. The lowest BCUT2D eigenvalue weighted by atomic mass is 10.0. The maximum Gasteiger partial charge on any atom is 0.0931 e. The molecule has 0 amide bonds. The van der Waals surface area contributed by atoms with Crippen LogP contribution in [0.1, 0.15) is 30.2 Å². The SMILES string of the molecule is Cl.Clc1ccc([C@H]2CCCCN2)s1. The van der Waals surface area contributed by atoms with E-state index in [4.69, 9.17) is 11.6 Å². The summed E-state index contributed by atoms with van der Waals surface area (Å²) in [6.07, 6.45) is 3.92. The van der Waals surface area contributed by atoms with Gasteiger partial charge in [-0.15, -0.1) is 23.7 Å². The van der Waals surface area contributed by atoms with Gasteiger partial charge in [-0.2, -0.15) is 0 Å². The smallest absolute Gasteiger partial charge is 0.0931 e. The maximum atomic E-state index is 5.87. The molecule has 1 aromatic rings. The van der Waals surface area contributed by atoms with Gasteiger partial charge in [0.05, 0.1) is 4.34 Å². The number of halogens is 2. The molecule has 0 spiro atoms. The highest BCUT2D eigenvalue weighted by Gasteiger charge is 2.15. The Hall–Kier alpha value is 0.240. The standard InChI is InChI=1S/C9H12ClNS.ClH/c10-9-5-4-8(12-9)7-3-1-2-6-11-7;/h4-5,7,11H,1-3,6H2;1H/t7-;/m1./s1. The minimum atomic E-state index is 0. The average molecular weight is 238 g/mol. The molecule has 1 saturated heterocycles. The Kier molecular flexibility index (Phi) is 4.53. The fourth-order valence-corrected chi connectivity index (χ4v) is 2.78. The van der Waals surface area contributed by atoms with Crippen molar-refractivity contribution in [3.63, 3.8) is 0 Å². The number of piperidine rings is 1. The van der Waals surface area contributed by atoms with Crippen LogP contribution in [0.25, 0.3) is 0 Å². The fraction of sp³-hybridized carbons (Fsp3) is 0.556. The molecule has 1 aliphatic heterocycles. The summed E-state index contributed by atoms with van der Waals surface area (Å²) in [5, 5.41) is 3.50. The average Bonchev–Trinajstić information content (AvgIpc) is 2.54. The van der Waals surface area contributed by atoms with E-state index in [9.17, 15) is 0 Å². The van der Waals surface area contributed by atoms with Crippen LogP contribution in [0.5, 0.6) is 0 Å². The van der Waals surface area contributed by atoms with Crippen molar-refractivity contribution in [1.82, 2.24) is 5.32 Å². The largest absolute Gasteiger partial charge is 0.309 e. The van der Waals surface area contributed by atoms with Crippen molar-refractivity contribution in [3.8, 4) is 0 Å². The molecule has 1 nitrogen and oxygen atoms in total. The van der Waals surface area contributed by atoms with Gasteiger partial charge >= 0.3 is 0 Å². The zero-order chi connectivity index (χ0) is 8.39. The minimum Gasteiger partial charge on any atom is -0.309 e. The Labute approximate surface area is 93.9 Å². The van der Waals surface area contributed by atoms with E-state index in [-0.39, 0.29) is 12.4 Å². The fourth-order valence-electron chi connectivity index (χ4n) is 1.61. The van der Waals surface area contributed by atoms with Crippen LogP contribution in [0.3, 0.4) is 0 Å². The second kappa shape index (κ2) is 5.20. The highest BCUT2D eigenvalue weighted by Crippen LogP contribution is 2.30. The van der Waals surface area contributed by atoms with Crippen molar-refractivity contribution in [2.75, 3.05) is 6.54 Å². The highest BCUT2D eigenvalue weighted by molar-refractivity contribution is 7.16. The van der Waals surface area contributed by atoms with Gasteiger partial charge in [0, 0.05) is 10.9 Å². The van der Waals surface area contributed by atoms with Gasteiger partial charge in [0.1, 0.15) is 0 Å². The van der Waals surface area contributed by atoms with E-state index < -0.39 is 0 Å². The third-order valence-corrected chi connectivity index (χ3v) is 3.59. The zero-order valence-corrected chi connectivity index (χ0v) is 9.64. The first-order chi connectivity index (χ1) is 5.86. The third kappa shape index (κ3) is 2.84. The van der Waals surface area contributed by atoms with Crippen LogP contribution in [0.4, 0.5) is 0 Å². The van der Waals surface area contributed by atoms with Gasteiger partial charge in [-0.1, -0.05) is 18.0 Å². The molecule has 4 heteroatoms. The molecule has 0 radical (unpaired) electrons. The Balaban J connectivity index is 0.000000845. The molecule has 1 N–H and O–H groups in total. The highest BCUT2D eigenvalue weighted by atomic mass is 35.5. The lowest BCUT2D eigenvalue weighted by molar-refractivity contribution is 0.417. The summed E-state index contributed by atoms with van der Waals surface area (Å²) in [7, 11) is 0. The first kappa shape index (κ1) is 11.3. The molecular weight excluding hydrogens is 225 g/mol. The molecule has 0 bridgehead atoms. The summed E-state index contributed by atoms with van der Waals surface area (Å²) in [4.78, 5) is 1.39. The molecule has 2 rings (SSSR count). The molecule has 0 saturated carbocycles. The maximum absolute atomic E-state index is 5.87. The van der Waals surface area contributed by atoms with Crippen molar-refractivity contribution in [2.45, 2.75) is 25.3 Å².